The van der Waals surface area contributed by atoms with E-state index in [4.69, 9.17) is 11.6 Å². The van der Waals surface area contributed by atoms with Crippen molar-refractivity contribution in [1.29, 1.82) is 0 Å². The second-order valence-electron chi connectivity index (χ2n) is 5.90. The van der Waals surface area contributed by atoms with Crippen molar-refractivity contribution in [3.8, 4) is 0 Å². The van der Waals surface area contributed by atoms with Crippen LogP contribution in [0.1, 0.15) is 27.2 Å². The summed E-state index contributed by atoms with van der Waals surface area (Å²) >= 11 is 11.3. The molecule has 1 heterocycles. The average Bonchev–Trinajstić information content (AvgIpc) is 2.68. The van der Waals surface area contributed by atoms with Crippen LogP contribution in [0.2, 0.25) is 5.02 Å². The van der Waals surface area contributed by atoms with E-state index in [0.717, 1.165) is 26.9 Å². The second-order valence-corrected chi connectivity index (χ2v) is 8.48. The summed E-state index contributed by atoms with van der Waals surface area (Å²) in [5.74, 6) is 0. The lowest BCUT2D eigenvalue weighted by Crippen LogP contribution is -2.16. The molecular weight excluding hydrogens is 344 g/mol. The maximum atomic E-state index is 6.01. The van der Waals surface area contributed by atoms with Crippen molar-refractivity contribution < 1.29 is 0 Å². The number of rotatable bonds is 2. The second kappa shape index (κ2) is 6.06. The standard InChI is InChI=1S/C14H18BrClN2S/c1-14(2,3)7-10-8-17-13(19-10)18-12-6-9(16)4-5-11(12)15/h4-6,10H,7-8H2,1-3H3,(H,17,18). The Morgan fingerprint density at radius 2 is 2.21 bits per heavy atom. The van der Waals surface area contributed by atoms with Crippen molar-refractivity contribution in [2.24, 2.45) is 10.4 Å². The first-order valence-electron chi connectivity index (χ1n) is 6.27. The van der Waals surface area contributed by atoms with E-state index < -0.39 is 0 Å². The highest BCUT2D eigenvalue weighted by Gasteiger charge is 2.25. The minimum absolute atomic E-state index is 0.347. The van der Waals surface area contributed by atoms with Gasteiger partial charge in [0.2, 0.25) is 0 Å². The molecule has 0 aliphatic carbocycles. The van der Waals surface area contributed by atoms with Gasteiger partial charge in [-0.1, -0.05) is 44.1 Å². The van der Waals surface area contributed by atoms with Crippen molar-refractivity contribution in [3.05, 3.63) is 27.7 Å². The molecule has 0 fully saturated rings. The molecule has 1 atom stereocenters. The van der Waals surface area contributed by atoms with Gasteiger partial charge in [0.05, 0.1) is 12.2 Å². The van der Waals surface area contributed by atoms with E-state index in [0.29, 0.717) is 10.7 Å². The lowest BCUT2D eigenvalue weighted by atomic mass is 9.90. The Bertz CT molecular complexity index is 497. The third-order valence-corrected chi connectivity index (χ3v) is 4.76. The topological polar surface area (TPSA) is 24.4 Å². The van der Waals surface area contributed by atoms with Crippen LogP contribution in [0.25, 0.3) is 0 Å². The molecule has 1 aromatic rings. The van der Waals surface area contributed by atoms with Crippen molar-refractivity contribution in [2.75, 3.05) is 11.9 Å². The number of anilines is 1. The number of amidine groups is 1. The minimum atomic E-state index is 0.347. The van der Waals surface area contributed by atoms with Crippen LogP contribution in [0, 0.1) is 5.41 Å². The van der Waals surface area contributed by atoms with Gasteiger partial charge in [-0.15, -0.1) is 0 Å². The van der Waals surface area contributed by atoms with Gasteiger partial charge in [0, 0.05) is 14.7 Å². The molecule has 0 spiro atoms. The van der Waals surface area contributed by atoms with Crippen LogP contribution in [0.5, 0.6) is 0 Å². The van der Waals surface area contributed by atoms with E-state index in [1.54, 1.807) is 0 Å². The molecule has 1 aliphatic heterocycles. The van der Waals surface area contributed by atoms with Gasteiger partial charge in [-0.2, -0.15) is 0 Å². The molecule has 0 radical (unpaired) electrons. The first kappa shape index (κ1) is 15.2. The molecule has 1 aliphatic rings. The summed E-state index contributed by atoms with van der Waals surface area (Å²) in [4.78, 5) is 4.57. The Hall–Kier alpha value is -0.190. The van der Waals surface area contributed by atoms with Gasteiger partial charge in [-0.05, 0) is 46.0 Å². The average molecular weight is 362 g/mol. The minimum Gasteiger partial charge on any atom is -0.334 e. The van der Waals surface area contributed by atoms with Gasteiger partial charge >= 0.3 is 0 Å². The maximum absolute atomic E-state index is 6.01. The van der Waals surface area contributed by atoms with Crippen LogP contribution in [-0.2, 0) is 0 Å². The summed E-state index contributed by atoms with van der Waals surface area (Å²) < 4.78 is 1.000. The van der Waals surface area contributed by atoms with Gasteiger partial charge in [0.25, 0.3) is 0 Å². The van der Waals surface area contributed by atoms with Gasteiger partial charge in [0.15, 0.2) is 5.17 Å². The molecule has 1 N–H and O–H groups in total. The molecule has 104 valence electrons. The Morgan fingerprint density at radius 1 is 1.47 bits per heavy atom. The molecule has 1 aromatic carbocycles. The monoisotopic (exact) mass is 360 g/mol. The Morgan fingerprint density at radius 3 is 2.89 bits per heavy atom. The third kappa shape index (κ3) is 4.69. The van der Waals surface area contributed by atoms with Crippen molar-refractivity contribution in [3.63, 3.8) is 0 Å². The van der Waals surface area contributed by atoms with E-state index in [1.807, 2.05) is 30.0 Å². The molecule has 0 amide bonds. The van der Waals surface area contributed by atoms with Crippen LogP contribution in [-0.4, -0.2) is 17.0 Å². The zero-order valence-electron chi connectivity index (χ0n) is 11.3. The van der Waals surface area contributed by atoms with Crippen LogP contribution in [0.3, 0.4) is 0 Å². The van der Waals surface area contributed by atoms with Gasteiger partial charge in [-0.25, -0.2) is 0 Å². The zero-order chi connectivity index (χ0) is 14.0. The van der Waals surface area contributed by atoms with Crippen LogP contribution < -0.4 is 5.32 Å². The SMILES string of the molecule is CC(C)(C)CC1CN=C(Nc2cc(Cl)ccc2Br)S1. The number of hydrogen-bond donors (Lipinski definition) is 1. The lowest BCUT2D eigenvalue weighted by molar-refractivity contribution is 0.375. The maximum Gasteiger partial charge on any atom is 0.161 e. The Balaban J connectivity index is 1.97. The summed E-state index contributed by atoms with van der Waals surface area (Å²) in [5.41, 5.74) is 1.31. The molecule has 0 aromatic heterocycles. The number of halogens is 2. The summed E-state index contributed by atoms with van der Waals surface area (Å²) in [6.07, 6.45) is 1.17. The fourth-order valence-electron chi connectivity index (χ4n) is 1.98. The number of thioether (sulfide) groups is 1. The molecule has 19 heavy (non-hydrogen) atoms. The molecule has 2 rings (SSSR count). The molecular formula is C14H18BrClN2S. The van der Waals surface area contributed by atoms with Gasteiger partial charge < -0.3 is 5.32 Å². The van der Waals surface area contributed by atoms with E-state index >= 15 is 0 Å². The van der Waals surface area contributed by atoms with Crippen molar-refractivity contribution >= 4 is 50.1 Å². The first-order valence-corrected chi connectivity index (χ1v) is 8.32. The number of benzene rings is 1. The highest BCUT2D eigenvalue weighted by Crippen LogP contribution is 2.34. The normalized spacial score (nSPS) is 19.4. The summed E-state index contributed by atoms with van der Waals surface area (Å²) in [6.45, 7) is 7.70. The number of nitrogens with one attached hydrogen (secondary N) is 1. The van der Waals surface area contributed by atoms with Gasteiger partial charge in [0.1, 0.15) is 0 Å². The zero-order valence-corrected chi connectivity index (χ0v) is 14.5. The van der Waals surface area contributed by atoms with E-state index in [-0.39, 0.29) is 0 Å². The van der Waals surface area contributed by atoms with E-state index in [1.165, 1.54) is 6.42 Å². The number of nitrogens with zero attached hydrogens (tertiary/aromatic N) is 1. The number of hydrogen-bond acceptors (Lipinski definition) is 3. The first-order chi connectivity index (χ1) is 8.83. The predicted molar refractivity (Wildman–Crippen MR) is 90.5 cm³/mol. The molecule has 0 bridgehead atoms. The Labute approximate surface area is 132 Å². The van der Waals surface area contributed by atoms with Crippen molar-refractivity contribution in [1.82, 2.24) is 0 Å². The van der Waals surface area contributed by atoms with Crippen molar-refractivity contribution in [2.45, 2.75) is 32.4 Å². The van der Waals surface area contributed by atoms with E-state index in [9.17, 15) is 0 Å². The molecule has 1 unspecified atom stereocenters. The summed E-state index contributed by atoms with van der Waals surface area (Å²) in [6, 6.07) is 5.71. The highest BCUT2D eigenvalue weighted by molar-refractivity contribution is 9.10. The quantitative estimate of drug-likeness (QED) is 0.760. The van der Waals surface area contributed by atoms with Crippen LogP contribution in [0.15, 0.2) is 27.7 Å². The smallest absolute Gasteiger partial charge is 0.161 e. The third-order valence-electron chi connectivity index (χ3n) is 2.73. The molecule has 0 saturated heterocycles. The van der Waals surface area contributed by atoms with E-state index in [2.05, 4.69) is 47.0 Å². The lowest BCUT2D eigenvalue weighted by Gasteiger charge is -2.21. The molecule has 2 nitrogen and oxygen atoms in total. The van der Waals surface area contributed by atoms with Crippen LogP contribution in [0.4, 0.5) is 5.69 Å². The summed E-state index contributed by atoms with van der Waals surface area (Å²) in [5, 5.41) is 5.62. The summed E-state index contributed by atoms with van der Waals surface area (Å²) in [7, 11) is 0. The molecule has 5 heteroatoms. The number of aliphatic imine (C=N–C) groups is 1. The fraction of sp³-hybridized carbons (Fsp3) is 0.500. The Kier molecular flexibility index (Phi) is 4.85. The largest absolute Gasteiger partial charge is 0.334 e. The molecule has 0 saturated carbocycles. The highest BCUT2D eigenvalue weighted by atomic mass is 79.9. The van der Waals surface area contributed by atoms with Gasteiger partial charge in [-0.3, -0.25) is 4.99 Å². The predicted octanol–water partition coefficient (Wildman–Crippen LogP) is 5.42. The van der Waals surface area contributed by atoms with Crippen LogP contribution >= 0.6 is 39.3 Å². The fourth-order valence-corrected chi connectivity index (χ4v) is 3.87.